The molecule has 116 valence electrons. The van der Waals surface area contributed by atoms with E-state index < -0.39 is 12.0 Å². The van der Waals surface area contributed by atoms with Crippen molar-refractivity contribution in [3.8, 4) is 0 Å². The van der Waals surface area contributed by atoms with E-state index in [1.165, 1.54) is 5.56 Å². The standard InChI is InChI=1S/C16H19N3O3/c1-11-5-2-3-6-12(11)9-15-17-14(18-22-15)10-19-8-4-7-13(19)16(20)21/h2-3,5-6,13H,4,7-10H2,1H3,(H,20,21)/t13-/m0/s1. The van der Waals surface area contributed by atoms with E-state index in [-0.39, 0.29) is 0 Å². The van der Waals surface area contributed by atoms with Crippen LogP contribution in [0.3, 0.4) is 0 Å². The van der Waals surface area contributed by atoms with Crippen LogP contribution in [0.5, 0.6) is 0 Å². The van der Waals surface area contributed by atoms with Gasteiger partial charge in [-0.1, -0.05) is 29.4 Å². The minimum absolute atomic E-state index is 0.425. The Hall–Kier alpha value is -2.21. The van der Waals surface area contributed by atoms with E-state index in [1.807, 2.05) is 36.1 Å². The van der Waals surface area contributed by atoms with Gasteiger partial charge >= 0.3 is 5.97 Å². The third-order valence-corrected chi connectivity index (χ3v) is 4.11. The van der Waals surface area contributed by atoms with Gasteiger partial charge in [-0.05, 0) is 37.4 Å². The van der Waals surface area contributed by atoms with Gasteiger partial charge in [0.2, 0.25) is 5.89 Å². The molecular formula is C16H19N3O3. The Morgan fingerprint density at radius 3 is 3.05 bits per heavy atom. The summed E-state index contributed by atoms with van der Waals surface area (Å²) < 4.78 is 5.29. The summed E-state index contributed by atoms with van der Waals surface area (Å²) in [7, 11) is 0. The number of aliphatic carboxylic acids is 1. The quantitative estimate of drug-likeness (QED) is 0.910. The molecule has 1 N–H and O–H groups in total. The van der Waals surface area contributed by atoms with Gasteiger partial charge in [0.05, 0.1) is 13.0 Å². The molecule has 0 aliphatic carbocycles. The molecule has 1 aromatic heterocycles. The van der Waals surface area contributed by atoms with E-state index in [0.717, 1.165) is 18.5 Å². The predicted octanol–water partition coefficient (Wildman–Crippen LogP) is 2.02. The van der Waals surface area contributed by atoms with Crippen LogP contribution in [-0.2, 0) is 17.8 Å². The average Bonchev–Trinajstić information content (AvgIpc) is 3.11. The van der Waals surface area contributed by atoms with Crippen molar-refractivity contribution in [3.63, 3.8) is 0 Å². The molecule has 1 fully saturated rings. The minimum Gasteiger partial charge on any atom is -0.480 e. The highest BCUT2D eigenvalue weighted by molar-refractivity contribution is 5.73. The topological polar surface area (TPSA) is 79.5 Å². The van der Waals surface area contributed by atoms with E-state index >= 15 is 0 Å². The van der Waals surface area contributed by atoms with Crippen LogP contribution in [0.15, 0.2) is 28.8 Å². The van der Waals surface area contributed by atoms with Gasteiger partial charge in [0, 0.05) is 0 Å². The van der Waals surface area contributed by atoms with E-state index in [9.17, 15) is 9.90 Å². The fourth-order valence-corrected chi connectivity index (χ4v) is 2.87. The van der Waals surface area contributed by atoms with Gasteiger partial charge in [-0.25, -0.2) is 0 Å². The number of likely N-dealkylation sites (tertiary alicyclic amines) is 1. The Balaban J connectivity index is 1.67. The second kappa shape index (κ2) is 6.27. The van der Waals surface area contributed by atoms with Crippen LogP contribution in [0.2, 0.25) is 0 Å². The van der Waals surface area contributed by atoms with Crippen LogP contribution in [0, 0.1) is 6.92 Å². The number of aromatic nitrogens is 2. The largest absolute Gasteiger partial charge is 0.480 e. The van der Waals surface area contributed by atoms with Crippen molar-refractivity contribution in [2.45, 2.75) is 38.8 Å². The average molecular weight is 301 g/mol. The molecule has 6 nitrogen and oxygen atoms in total. The second-order valence-electron chi connectivity index (χ2n) is 5.67. The Kier molecular flexibility index (Phi) is 4.20. The lowest BCUT2D eigenvalue weighted by atomic mass is 10.1. The number of hydrogen-bond donors (Lipinski definition) is 1. The molecule has 0 amide bonds. The first-order chi connectivity index (χ1) is 10.6. The zero-order valence-electron chi connectivity index (χ0n) is 12.5. The van der Waals surface area contributed by atoms with Crippen LogP contribution in [0.25, 0.3) is 0 Å². The van der Waals surface area contributed by atoms with Crippen LogP contribution < -0.4 is 0 Å². The third-order valence-electron chi connectivity index (χ3n) is 4.11. The molecule has 0 bridgehead atoms. The summed E-state index contributed by atoms with van der Waals surface area (Å²) in [5.74, 6) is 0.341. The summed E-state index contributed by atoms with van der Waals surface area (Å²) >= 11 is 0. The summed E-state index contributed by atoms with van der Waals surface area (Å²) in [4.78, 5) is 17.5. The lowest BCUT2D eigenvalue weighted by Gasteiger charge is -2.18. The number of rotatable bonds is 5. The molecule has 1 atom stereocenters. The summed E-state index contributed by atoms with van der Waals surface area (Å²) in [6.45, 7) is 3.24. The van der Waals surface area contributed by atoms with Crippen LogP contribution >= 0.6 is 0 Å². The van der Waals surface area contributed by atoms with E-state index in [4.69, 9.17) is 4.52 Å². The van der Waals surface area contributed by atoms with Crippen LogP contribution in [0.1, 0.15) is 35.7 Å². The lowest BCUT2D eigenvalue weighted by Crippen LogP contribution is -2.35. The van der Waals surface area contributed by atoms with Gasteiger partial charge in [-0.2, -0.15) is 4.98 Å². The first kappa shape index (κ1) is 14.7. The van der Waals surface area contributed by atoms with Crippen LogP contribution in [-0.4, -0.2) is 38.7 Å². The first-order valence-electron chi connectivity index (χ1n) is 7.46. The number of nitrogens with zero attached hydrogens (tertiary/aromatic N) is 3. The van der Waals surface area contributed by atoms with E-state index in [1.54, 1.807) is 0 Å². The number of hydrogen-bond acceptors (Lipinski definition) is 5. The molecule has 22 heavy (non-hydrogen) atoms. The minimum atomic E-state index is -0.777. The summed E-state index contributed by atoms with van der Waals surface area (Å²) in [5, 5.41) is 13.2. The molecule has 2 heterocycles. The van der Waals surface area contributed by atoms with E-state index in [0.29, 0.717) is 31.1 Å². The summed E-state index contributed by atoms with van der Waals surface area (Å²) in [5.41, 5.74) is 2.34. The van der Waals surface area contributed by atoms with Crippen LogP contribution in [0.4, 0.5) is 0 Å². The van der Waals surface area contributed by atoms with Crippen molar-refractivity contribution in [3.05, 3.63) is 47.1 Å². The monoisotopic (exact) mass is 301 g/mol. The molecule has 0 radical (unpaired) electrons. The van der Waals surface area contributed by atoms with Crippen molar-refractivity contribution >= 4 is 5.97 Å². The SMILES string of the molecule is Cc1ccccc1Cc1nc(CN2CCC[C@H]2C(=O)O)no1. The Bertz CT molecular complexity index is 668. The van der Waals surface area contributed by atoms with E-state index in [2.05, 4.69) is 10.1 Å². The maximum absolute atomic E-state index is 11.2. The summed E-state index contributed by atoms with van der Waals surface area (Å²) in [6.07, 6.45) is 2.18. The molecule has 3 rings (SSSR count). The highest BCUT2D eigenvalue weighted by Crippen LogP contribution is 2.20. The fourth-order valence-electron chi connectivity index (χ4n) is 2.87. The molecule has 1 aromatic carbocycles. The van der Waals surface area contributed by atoms with Crippen molar-refractivity contribution in [1.82, 2.24) is 15.0 Å². The van der Waals surface area contributed by atoms with Gasteiger partial charge in [-0.3, -0.25) is 9.69 Å². The van der Waals surface area contributed by atoms with Crippen molar-refractivity contribution in [2.24, 2.45) is 0 Å². The molecule has 1 aliphatic heterocycles. The van der Waals surface area contributed by atoms with Gasteiger partial charge in [0.25, 0.3) is 0 Å². The van der Waals surface area contributed by atoms with Gasteiger partial charge in [0.1, 0.15) is 6.04 Å². The van der Waals surface area contributed by atoms with Gasteiger partial charge < -0.3 is 9.63 Å². The van der Waals surface area contributed by atoms with Gasteiger partial charge in [-0.15, -0.1) is 0 Å². The molecular weight excluding hydrogens is 282 g/mol. The van der Waals surface area contributed by atoms with Crippen molar-refractivity contribution < 1.29 is 14.4 Å². The molecule has 0 saturated carbocycles. The fraction of sp³-hybridized carbons (Fsp3) is 0.438. The number of benzene rings is 1. The highest BCUT2D eigenvalue weighted by atomic mass is 16.5. The van der Waals surface area contributed by atoms with Crippen molar-refractivity contribution in [2.75, 3.05) is 6.54 Å². The number of aryl methyl sites for hydroxylation is 1. The zero-order valence-corrected chi connectivity index (χ0v) is 12.5. The van der Waals surface area contributed by atoms with Gasteiger partial charge in [0.15, 0.2) is 5.82 Å². The Morgan fingerprint density at radius 1 is 1.45 bits per heavy atom. The molecule has 1 saturated heterocycles. The second-order valence-corrected chi connectivity index (χ2v) is 5.67. The smallest absolute Gasteiger partial charge is 0.320 e. The molecule has 0 spiro atoms. The molecule has 6 heteroatoms. The maximum atomic E-state index is 11.2. The number of carbonyl (C=O) groups is 1. The number of carboxylic acids is 1. The molecule has 2 aromatic rings. The number of carboxylic acid groups (broad SMARTS) is 1. The lowest BCUT2D eigenvalue weighted by molar-refractivity contribution is -0.142. The normalized spacial score (nSPS) is 18.7. The van der Waals surface area contributed by atoms with Crippen molar-refractivity contribution in [1.29, 1.82) is 0 Å². The molecule has 0 unspecified atom stereocenters. The Labute approximate surface area is 128 Å². The zero-order chi connectivity index (χ0) is 15.5. The maximum Gasteiger partial charge on any atom is 0.320 e. The Morgan fingerprint density at radius 2 is 2.27 bits per heavy atom. The molecule has 1 aliphatic rings. The highest BCUT2D eigenvalue weighted by Gasteiger charge is 2.31. The first-order valence-corrected chi connectivity index (χ1v) is 7.46. The third kappa shape index (κ3) is 3.17. The summed E-state index contributed by atoms with van der Waals surface area (Å²) in [6, 6.07) is 7.64. The predicted molar refractivity (Wildman–Crippen MR) is 79.4 cm³/mol.